The summed E-state index contributed by atoms with van der Waals surface area (Å²) in [6, 6.07) is 10.0. The number of rotatable bonds is 3. The number of piperidine rings is 1. The van der Waals surface area contributed by atoms with Crippen LogP contribution in [-0.4, -0.2) is 46.1 Å². The molecule has 6 nitrogen and oxygen atoms in total. The Hall–Kier alpha value is -2.54. The number of nitrogens with zero attached hydrogens (tertiary/aromatic N) is 3. The molecule has 0 atom stereocenters. The van der Waals surface area contributed by atoms with E-state index in [0.717, 1.165) is 47.4 Å². The van der Waals surface area contributed by atoms with E-state index in [4.69, 9.17) is 0 Å². The monoisotopic (exact) mass is 396 g/mol. The van der Waals surface area contributed by atoms with E-state index in [2.05, 4.69) is 16.4 Å². The Kier molecular flexibility index (Phi) is 5.26. The number of amidine groups is 1. The number of aromatic nitrogens is 1. The first-order chi connectivity index (χ1) is 13.6. The van der Waals surface area contributed by atoms with Crippen LogP contribution in [0.2, 0.25) is 0 Å². The van der Waals surface area contributed by atoms with Crippen LogP contribution in [0.1, 0.15) is 30.3 Å². The van der Waals surface area contributed by atoms with E-state index in [9.17, 15) is 9.59 Å². The summed E-state index contributed by atoms with van der Waals surface area (Å²) in [5, 5.41) is 3.82. The summed E-state index contributed by atoms with van der Waals surface area (Å²) < 4.78 is 1.98. The molecule has 146 valence electrons. The van der Waals surface area contributed by atoms with Gasteiger partial charge in [-0.1, -0.05) is 24.3 Å². The van der Waals surface area contributed by atoms with E-state index in [1.54, 1.807) is 0 Å². The second kappa shape index (κ2) is 7.83. The molecular formula is C21H24N4O2S. The van der Waals surface area contributed by atoms with Crippen molar-refractivity contribution in [1.29, 1.82) is 0 Å². The zero-order chi connectivity index (χ0) is 19.7. The van der Waals surface area contributed by atoms with Crippen LogP contribution < -0.4 is 5.32 Å². The van der Waals surface area contributed by atoms with E-state index in [0.29, 0.717) is 18.3 Å². The fraction of sp³-hybridized carbons (Fsp3) is 0.381. The molecular weight excluding hydrogens is 372 g/mol. The van der Waals surface area contributed by atoms with Crippen molar-refractivity contribution in [2.45, 2.75) is 19.8 Å². The van der Waals surface area contributed by atoms with Crippen LogP contribution in [0.15, 0.2) is 46.3 Å². The molecule has 0 unspecified atom stereocenters. The number of carbonyl (C=O) groups excluding carboxylic acids is 2. The smallest absolute Gasteiger partial charge is 0.289 e. The van der Waals surface area contributed by atoms with Crippen LogP contribution in [0.3, 0.4) is 0 Å². The van der Waals surface area contributed by atoms with Gasteiger partial charge in [0.25, 0.3) is 11.1 Å². The highest BCUT2D eigenvalue weighted by molar-refractivity contribution is 8.18. The summed E-state index contributed by atoms with van der Waals surface area (Å²) in [6.07, 6.45) is 3.94. The van der Waals surface area contributed by atoms with Crippen LogP contribution in [0.25, 0.3) is 10.9 Å². The third-order valence-corrected chi connectivity index (χ3v) is 6.19. The van der Waals surface area contributed by atoms with Gasteiger partial charge in [-0.2, -0.15) is 0 Å². The van der Waals surface area contributed by atoms with E-state index >= 15 is 0 Å². The summed E-state index contributed by atoms with van der Waals surface area (Å²) in [7, 11) is 1.95. The molecule has 28 heavy (non-hydrogen) atoms. The lowest BCUT2D eigenvalue weighted by atomic mass is 9.96. The number of hydrogen-bond acceptors (Lipinski definition) is 4. The zero-order valence-corrected chi connectivity index (χ0v) is 17.0. The number of nitrogens with one attached hydrogen (secondary N) is 1. The van der Waals surface area contributed by atoms with Crippen molar-refractivity contribution in [1.82, 2.24) is 14.8 Å². The second-order valence-corrected chi connectivity index (χ2v) is 8.16. The highest BCUT2D eigenvalue weighted by atomic mass is 32.2. The molecule has 0 spiro atoms. The van der Waals surface area contributed by atoms with Gasteiger partial charge in [-0.25, -0.2) is 0 Å². The van der Waals surface area contributed by atoms with E-state index in [-0.39, 0.29) is 11.1 Å². The van der Waals surface area contributed by atoms with Gasteiger partial charge >= 0.3 is 0 Å². The standard InChI is InChI=1S/C21H24N4O2S/c1-3-22-19-18(28-21(27)23-19)12-14-8-10-25(11-9-14)20(26)17-13-15-6-4-5-7-16(15)24(17)2/h4-7,12-14H,3,8-11H2,1-2H3,(H,22,23,27)/b18-12-. The molecule has 0 radical (unpaired) electrons. The van der Waals surface area contributed by atoms with Crippen molar-refractivity contribution >= 4 is 39.6 Å². The third-order valence-electron chi connectivity index (χ3n) is 5.36. The minimum Gasteiger partial charge on any atom is -0.340 e. The number of allylic oxidation sites excluding steroid dienone is 1. The van der Waals surface area contributed by atoms with Gasteiger partial charge in [-0.05, 0) is 49.6 Å². The minimum absolute atomic E-state index is 0.0677. The van der Waals surface area contributed by atoms with Gasteiger partial charge in [-0.15, -0.1) is 0 Å². The lowest BCUT2D eigenvalue weighted by Crippen LogP contribution is -2.39. The molecule has 1 aromatic heterocycles. The van der Waals surface area contributed by atoms with Crippen LogP contribution in [0.5, 0.6) is 0 Å². The number of carbonyl (C=O) groups is 2. The predicted octanol–water partition coefficient (Wildman–Crippen LogP) is 3.79. The molecule has 2 aromatic rings. The number of likely N-dealkylation sites (tertiary alicyclic amines) is 1. The van der Waals surface area contributed by atoms with Crippen molar-refractivity contribution in [2.75, 3.05) is 19.6 Å². The van der Waals surface area contributed by atoms with Crippen molar-refractivity contribution in [3.05, 3.63) is 47.0 Å². The molecule has 0 saturated carbocycles. The molecule has 2 aliphatic heterocycles. The number of thioether (sulfide) groups is 1. The molecule has 0 aliphatic carbocycles. The number of amides is 2. The van der Waals surface area contributed by atoms with Gasteiger partial charge in [-0.3, -0.25) is 14.6 Å². The number of aliphatic imine (C=N–C) groups is 1. The first-order valence-electron chi connectivity index (χ1n) is 9.66. The first kappa shape index (κ1) is 18.8. The SMILES string of the molecule is CCN=C1NC(=O)S/C1=C\C1CCN(C(=O)c2cc3ccccc3n2C)CC1. The quantitative estimate of drug-likeness (QED) is 0.858. The Bertz CT molecular complexity index is 983. The Labute approximate surface area is 168 Å². The van der Waals surface area contributed by atoms with Crippen molar-refractivity contribution in [2.24, 2.45) is 18.0 Å². The van der Waals surface area contributed by atoms with E-state index in [1.165, 1.54) is 11.8 Å². The molecule has 4 rings (SSSR count). The van der Waals surface area contributed by atoms with Crippen molar-refractivity contribution in [3.8, 4) is 0 Å². The van der Waals surface area contributed by atoms with E-state index in [1.807, 2.05) is 53.8 Å². The van der Waals surface area contributed by atoms with Crippen LogP contribution in [0.4, 0.5) is 4.79 Å². The molecule has 2 aliphatic rings. The Morgan fingerprint density at radius 3 is 2.79 bits per heavy atom. The van der Waals surface area contributed by atoms with Crippen molar-refractivity contribution in [3.63, 3.8) is 0 Å². The Morgan fingerprint density at radius 1 is 1.32 bits per heavy atom. The zero-order valence-electron chi connectivity index (χ0n) is 16.1. The molecule has 2 amide bonds. The van der Waals surface area contributed by atoms with Crippen LogP contribution in [0, 0.1) is 5.92 Å². The van der Waals surface area contributed by atoms with Crippen LogP contribution in [-0.2, 0) is 7.05 Å². The fourth-order valence-electron chi connectivity index (χ4n) is 3.86. The highest BCUT2D eigenvalue weighted by Crippen LogP contribution is 2.30. The largest absolute Gasteiger partial charge is 0.340 e. The summed E-state index contributed by atoms with van der Waals surface area (Å²) in [6.45, 7) is 4.05. The first-order valence-corrected chi connectivity index (χ1v) is 10.5. The number of benzene rings is 1. The maximum absolute atomic E-state index is 13.0. The summed E-state index contributed by atoms with van der Waals surface area (Å²) in [4.78, 5) is 31.9. The molecule has 3 heterocycles. The summed E-state index contributed by atoms with van der Waals surface area (Å²) in [5.74, 6) is 1.13. The number of para-hydroxylation sites is 1. The van der Waals surface area contributed by atoms with Gasteiger partial charge in [0.2, 0.25) is 0 Å². The molecule has 2 saturated heterocycles. The maximum atomic E-state index is 13.0. The average Bonchev–Trinajstić information content (AvgIpc) is 3.22. The number of hydrogen-bond donors (Lipinski definition) is 1. The average molecular weight is 397 g/mol. The second-order valence-electron chi connectivity index (χ2n) is 7.15. The van der Waals surface area contributed by atoms with Gasteiger partial charge in [0.05, 0.1) is 4.91 Å². The summed E-state index contributed by atoms with van der Waals surface area (Å²) in [5.41, 5.74) is 1.81. The van der Waals surface area contributed by atoms with Gasteiger partial charge < -0.3 is 14.8 Å². The normalized spacial score (nSPS) is 21.1. The summed E-state index contributed by atoms with van der Waals surface area (Å²) >= 11 is 1.21. The maximum Gasteiger partial charge on any atom is 0.289 e. The third kappa shape index (κ3) is 3.58. The number of aryl methyl sites for hydroxylation is 1. The number of fused-ring (bicyclic) bond motifs is 1. The van der Waals surface area contributed by atoms with Gasteiger partial charge in [0.15, 0.2) is 0 Å². The lowest BCUT2D eigenvalue weighted by molar-refractivity contribution is 0.0696. The van der Waals surface area contributed by atoms with Gasteiger partial charge in [0.1, 0.15) is 11.5 Å². The fourth-order valence-corrected chi connectivity index (χ4v) is 4.68. The molecule has 1 N–H and O–H groups in total. The predicted molar refractivity (Wildman–Crippen MR) is 114 cm³/mol. The molecule has 7 heteroatoms. The van der Waals surface area contributed by atoms with Crippen molar-refractivity contribution < 1.29 is 9.59 Å². The molecule has 2 fully saturated rings. The van der Waals surface area contributed by atoms with Crippen LogP contribution >= 0.6 is 11.8 Å². The topological polar surface area (TPSA) is 66.7 Å². The van der Waals surface area contributed by atoms with E-state index < -0.39 is 0 Å². The highest BCUT2D eigenvalue weighted by Gasteiger charge is 2.28. The van der Waals surface area contributed by atoms with Gasteiger partial charge in [0, 0.05) is 37.6 Å². The Balaban J connectivity index is 1.44. The molecule has 1 aromatic carbocycles. The minimum atomic E-state index is -0.0677. The Morgan fingerprint density at radius 2 is 2.07 bits per heavy atom. The lowest BCUT2D eigenvalue weighted by Gasteiger charge is -2.31. The molecule has 0 bridgehead atoms.